The van der Waals surface area contributed by atoms with E-state index in [4.69, 9.17) is 16.3 Å². The molecule has 1 rings (SSSR count). The molecular formula is C12H14ClFO3. The Hall–Kier alpha value is -1.13. The lowest BCUT2D eigenvalue weighted by Crippen LogP contribution is -2.10. The Labute approximate surface area is 104 Å². The highest BCUT2D eigenvalue weighted by atomic mass is 35.5. The Kier molecular flexibility index (Phi) is 4.90. The molecular weight excluding hydrogens is 247 g/mol. The van der Waals surface area contributed by atoms with E-state index < -0.39 is 17.9 Å². The number of hydrogen-bond acceptors (Lipinski definition) is 3. The Balaban J connectivity index is 2.82. The van der Waals surface area contributed by atoms with Gasteiger partial charge in [-0.25, -0.2) is 4.39 Å². The number of carbonyl (C=O) groups is 1. The quantitative estimate of drug-likeness (QED) is 0.847. The van der Waals surface area contributed by atoms with E-state index in [0.29, 0.717) is 11.1 Å². The van der Waals surface area contributed by atoms with Crippen molar-refractivity contribution >= 4 is 17.6 Å². The number of aryl methyl sites for hydroxylation is 1. The van der Waals surface area contributed by atoms with Crippen LogP contribution < -0.4 is 0 Å². The van der Waals surface area contributed by atoms with Crippen molar-refractivity contribution in [2.75, 3.05) is 6.61 Å². The summed E-state index contributed by atoms with van der Waals surface area (Å²) in [6.45, 7) is 3.49. The molecule has 0 aliphatic carbocycles. The van der Waals surface area contributed by atoms with E-state index in [1.54, 1.807) is 13.8 Å². The molecule has 0 saturated heterocycles. The van der Waals surface area contributed by atoms with Crippen LogP contribution in [0.15, 0.2) is 12.1 Å². The maximum absolute atomic E-state index is 13.3. The predicted octanol–water partition coefficient (Wildman–Crippen LogP) is 2.77. The summed E-state index contributed by atoms with van der Waals surface area (Å²) in [7, 11) is 0. The van der Waals surface area contributed by atoms with Crippen LogP contribution in [0.3, 0.4) is 0 Å². The minimum Gasteiger partial charge on any atom is -0.466 e. The van der Waals surface area contributed by atoms with Crippen molar-refractivity contribution in [3.05, 3.63) is 34.1 Å². The van der Waals surface area contributed by atoms with E-state index in [-0.39, 0.29) is 18.1 Å². The zero-order valence-corrected chi connectivity index (χ0v) is 10.4. The van der Waals surface area contributed by atoms with Gasteiger partial charge < -0.3 is 9.84 Å². The third-order valence-electron chi connectivity index (χ3n) is 2.28. The molecule has 1 aromatic carbocycles. The molecule has 1 N–H and O–H groups in total. The molecule has 0 amide bonds. The molecule has 1 aromatic rings. The van der Waals surface area contributed by atoms with Gasteiger partial charge in [0.15, 0.2) is 0 Å². The largest absolute Gasteiger partial charge is 0.466 e. The highest BCUT2D eigenvalue weighted by Crippen LogP contribution is 2.25. The van der Waals surface area contributed by atoms with Crippen LogP contribution in [0.1, 0.15) is 30.6 Å². The first kappa shape index (κ1) is 13.9. The number of aliphatic hydroxyl groups excluding tert-OH is 1. The van der Waals surface area contributed by atoms with Gasteiger partial charge in [-0.3, -0.25) is 4.79 Å². The van der Waals surface area contributed by atoms with E-state index in [2.05, 4.69) is 0 Å². The molecule has 0 aliphatic heterocycles. The lowest BCUT2D eigenvalue weighted by Gasteiger charge is -2.12. The minimum absolute atomic E-state index is 0.0668. The highest BCUT2D eigenvalue weighted by Gasteiger charge is 2.16. The molecule has 1 unspecified atom stereocenters. The van der Waals surface area contributed by atoms with Crippen molar-refractivity contribution < 1.29 is 19.0 Å². The van der Waals surface area contributed by atoms with Gasteiger partial charge in [0.1, 0.15) is 5.82 Å². The van der Waals surface area contributed by atoms with Crippen LogP contribution in [0, 0.1) is 12.7 Å². The smallest absolute Gasteiger partial charge is 0.308 e. The number of aliphatic hydroxyl groups is 1. The molecule has 0 fully saturated rings. The van der Waals surface area contributed by atoms with Gasteiger partial charge in [-0.15, -0.1) is 0 Å². The van der Waals surface area contributed by atoms with Gasteiger partial charge in [0.05, 0.1) is 24.2 Å². The zero-order valence-electron chi connectivity index (χ0n) is 9.67. The van der Waals surface area contributed by atoms with E-state index in [1.165, 1.54) is 12.1 Å². The molecule has 3 nitrogen and oxygen atoms in total. The van der Waals surface area contributed by atoms with Gasteiger partial charge in [-0.05, 0) is 31.0 Å². The monoisotopic (exact) mass is 260 g/mol. The van der Waals surface area contributed by atoms with Crippen molar-refractivity contribution in [3.63, 3.8) is 0 Å². The molecule has 0 bridgehead atoms. The lowest BCUT2D eigenvalue weighted by atomic mass is 10.0. The van der Waals surface area contributed by atoms with Crippen LogP contribution in [0.4, 0.5) is 4.39 Å². The van der Waals surface area contributed by atoms with Crippen molar-refractivity contribution in [3.8, 4) is 0 Å². The van der Waals surface area contributed by atoms with E-state index in [0.717, 1.165) is 0 Å². The van der Waals surface area contributed by atoms with E-state index in [9.17, 15) is 14.3 Å². The Bertz CT molecular complexity index is 397. The highest BCUT2D eigenvalue weighted by molar-refractivity contribution is 6.30. The summed E-state index contributed by atoms with van der Waals surface area (Å²) in [5.74, 6) is -1.02. The molecule has 0 heterocycles. The van der Waals surface area contributed by atoms with Crippen LogP contribution in [-0.2, 0) is 9.53 Å². The van der Waals surface area contributed by atoms with Gasteiger partial charge in [0.25, 0.3) is 0 Å². The fourth-order valence-electron chi connectivity index (χ4n) is 1.44. The molecule has 17 heavy (non-hydrogen) atoms. The summed E-state index contributed by atoms with van der Waals surface area (Å²) >= 11 is 5.66. The molecule has 0 aliphatic rings. The number of carbonyl (C=O) groups excluding carboxylic acids is 1. The third kappa shape index (κ3) is 3.68. The van der Waals surface area contributed by atoms with Gasteiger partial charge in [0, 0.05) is 0 Å². The summed E-state index contributed by atoms with van der Waals surface area (Å²) in [5.41, 5.74) is 0.734. The van der Waals surface area contributed by atoms with E-state index >= 15 is 0 Å². The summed E-state index contributed by atoms with van der Waals surface area (Å²) in [4.78, 5) is 11.2. The van der Waals surface area contributed by atoms with Crippen LogP contribution in [0.25, 0.3) is 0 Å². The Morgan fingerprint density at radius 2 is 2.24 bits per heavy atom. The first-order valence-electron chi connectivity index (χ1n) is 5.25. The van der Waals surface area contributed by atoms with E-state index in [1.807, 2.05) is 0 Å². The summed E-state index contributed by atoms with van der Waals surface area (Å²) in [6.07, 6.45) is -1.21. The number of esters is 1. The van der Waals surface area contributed by atoms with Crippen LogP contribution >= 0.6 is 11.6 Å². The number of rotatable bonds is 4. The first-order chi connectivity index (χ1) is 7.95. The third-order valence-corrected chi connectivity index (χ3v) is 2.56. The second-order valence-electron chi connectivity index (χ2n) is 3.66. The zero-order chi connectivity index (χ0) is 13.0. The number of benzene rings is 1. The molecule has 0 radical (unpaired) electrons. The first-order valence-corrected chi connectivity index (χ1v) is 5.62. The fourth-order valence-corrected chi connectivity index (χ4v) is 1.72. The van der Waals surface area contributed by atoms with Gasteiger partial charge in [-0.1, -0.05) is 17.7 Å². The Morgan fingerprint density at radius 3 is 2.76 bits per heavy atom. The number of hydrogen-bond donors (Lipinski definition) is 1. The second kappa shape index (κ2) is 5.98. The maximum atomic E-state index is 13.3. The molecule has 94 valence electrons. The van der Waals surface area contributed by atoms with Crippen LogP contribution in [0.2, 0.25) is 5.02 Å². The molecule has 0 spiro atoms. The van der Waals surface area contributed by atoms with Gasteiger partial charge >= 0.3 is 5.97 Å². The van der Waals surface area contributed by atoms with Crippen LogP contribution in [0.5, 0.6) is 0 Å². The molecule has 5 heteroatoms. The van der Waals surface area contributed by atoms with Crippen molar-refractivity contribution in [2.24, 2.45) is 0 Å². The standard InChI is InChI=1S/C12H14ClFO3/c1-3-17-11(16)6-10(15)8-4-7(2)12(14)9(13)5-8/h4-5,10,15H,3,6H2,1-2H3. The predicted molar refractivity (Wildman–Crippen MR) is 62.4 cm³/mol. The van der Waals surface area contributed by atoms with Gasteiger partial charge in [-0.2, -0.15) is 0 Å². The summed E-state index contributed by atoms with van der Waals surface area (Å²) < 4.78 is 18.0. The molecule has 1 atom stereocenters. The average Bonchev–Trinajstić information content (AvgIpc) is 2.25. The number of ether oxygens (including phenoxy) is 1. The van der Waals surface area contributed by atoms with Crippen molar-refractivity contribution in [1.29, 1.82) is 0 Å². The Morgan fingerprint density at radius 1 is 1.59 bits per heavy atom. The fraction of sp³-hybridized carbons (Fsp3) is 0.417. The maximum Gasteiger partial charge on any atom is 0.308 e. The number of halogens is 2. The minimum atomic E-state index is -1.04. The summed E-state index contributed by atoms with van der Waals surface area (Å²) in [5, 5.41) is 9.71. The molecule has 0 aromatic heterocycles. The SMILES string of the molecule is CCOC(=O)CC(O)c1cc(C)c(F)c(Cl)c1. The van der Waals surface area contributed by atoms with Gasteiger partial charge in [0.2, 0.25) is 0 Å². The molecule has 0 saturated carbocycles. The lowest BCUT2D eigenvalue weighted by molar-refractivity contribution is -0.145. The second-order valence-corrected chi connectivity index (χ2v) is 4.07. The van der Waals surface area contributed by atoms with Crippen molar-refractivity contribution in [1.82, 2.24) is 0 Å². The summed E-state index contributed by atoms with van der Waals surface area (Å²) in [6, 6.07) is 2.78. The normalized spacial score (nSPS) is 12.3. The average molecular weight is 261 g/mol. The van der Waals surface area contributed by atoms with Crippen LogP contribution in [-0.4, -0.2) is 17.7 Å². The van der Waals surface area contributed by atoms with Crippen molar-refractivity contribution in [2.45, 2.75) is 26.4 Å². The topological polar surface area (TPSA) is 46.5 Å².